The van der Waals surface area contributed by atoms with Crippen molar-refractivity contribution >= 4 is 23.2 Å². The largest absolute Gasteiger partial charge is 0.493 e. The second kappa shape index (κ2) is 11.7. The van der Waals surface area contributed by atoms with Gasteiger partial charge in [0.25, 0.3) is 0 Å². The molecule has 0 unspecified atom stereocenters. The number of ether oxygens (including phenoxy) is 2. The van der Waals surface area contributed by atoms with Crippen LogP contribution in [0, 0.1) is 6.92 Å². The molecule has 0 aliphatic carbocycles. The lowest BCUT2D eigenvalue weighted by molar-refractivity contribution is -0.119. The molecule has 0 spiro atoms. The average Bonchev–Trinajstić information content (AvgIpc) is 3.32. The Bertz CT molecular complexity index is 1290. The fraction of sp³-hybridized carbons (Fsp3) is 0.179. The van der Waals surface area contributed by atoms with Gasteiger partial charge in [-0.05, 0) is 55.5 Å². The number of hydrogen-bond acceptors (Lipinski definition) is 5. The molecule has 8 heteroatoms. The summed E-state index contributed by atoms with van der Waals surface area (Å²) >= 11 is 0. The van der Waals surface area contributed by atoms with Gasteiger partial charge in [-0.15, -0.1) is 0 Å². The van der Waals surface area contributed by atoms with Crippen LogP contribution in [0.25, 0.3) is 0 Å². The average molecular weight is 485 g/mol. The summed E-state index contributed by atoms with van der Waals surface area (Å²) in [5.41, 5.74) is 2.42. The lowest BCUT2D eigenvalue weighted by Gasteiger charge is -2.18. The molecule has 4 rings (SSSR count). The Hall–Kier alpha value is -4.59. The molecule has 184 valence electrons. The van der Waals surface area contributed by atoms with Gasteiger partial charge < -0.3 is 19.7 Å². The molecule has 2 amide bonds. The molecule has 4 aromatic rings. The van der Waals surface area contributed by atoms with Crippen molar-refractivity contribution in [3.8, 4) is 17.2 Å². The molecule has 1 N–H and O–H groups in total. The Morgan fingerprint density at radius 2 is 1.58 bits per heavy atom. The Labute approximate surface area is 210 Å². The van der Waals surface area contributed by atoms with Gasteiger partial charge in [-0.1, -0.05) is 35.9 Å². The first-order chi connectivity index (χ1) is 17.5. The van der Waals surface area contributed by atoms with E-state index in [2.05, 4.69) is 10.4 Å². The summed E-state index contributed by atoms with van der Waals surface area (Å²) in [6.45, 7) is 2.32. The van der Waals surface area contributed by atoms with Gasteiger partial charge in [0, 0.05) is 18.9 Å². The molecule has 0 saturated carbocycles. The number of amides is 2. The van der Waals surface area contributed by atoms with Crippen molar-refractivity contribution in [1.82, 2.24) is 9.78 Å². The van der Waals surface area contributed by atoms with Gasteiger partial charge in [-0.2, -0.15) is 5.10 Å². The van der Waals surface area contributed by atoms with Crippen LogP contribution in [0.15, 0.2) is 91.3 Å². The van der Waals surface area contributed by atoms with Crippen molar-refractivity contribution in [2.75, 3.05) is 23.9 Å². The van der Waals surface area contributed by atoms with Crippen molar-refractivity contribution in [2.24, 2.45) is 0 Å². The highest BCUT2D eigenvalue weighted by atomic mass is 16.5. The van der Waals surface area contributed by atoms with Gasteiger partial charge in [-0.25, -0.2) is 0 Å². The predicted octanol–water partition coefficient (Wildman–Crippen LogP) is 5.05. The van der Waals surface area contributed by atoms with Crippen molar-refractivity contribution in [1.29, 1.82) is 0 Å². The monoisotopic (exact) mass is 484 g/mol. The molecule has 8 nitrogen and oxygen atoms in total. The van der Waals surface area contributed by atoms with Gasteiger partial charge in [0.15, 0.2) is 0 Å². The van der Waals surface area contributed by atoms with E-state index in [0.29, 0.717) is 17.2 Å². The second-order valence-corrected chi connectivity index (χ2v) is 8.25. The van der Waals surface area contributed by atoms with Crippen LogP contribution in [0.4, 0.5) is 11.4 Å². The fourth-order valence-corrected chi connectivity index (χ4v) is 3.39. The molecule has 1 aromatic heterocycles. The second-order valence-electron chi connectivity index (χ2n) is 8.25. The van der Waals surface area contributed by atoms with Crippen LogP contribution in [0.3, 0.4) is 0 Å². The molecule has 0 radical (unpaired) electrons. The Balaban J connectivity index is 1.24. The molecule has 1 heterocycles. The number of carbonyl (C=O) groups is 2. The number of likely N-dealkylation sites (N-methyl/N-ethyl adjacent to an activating group) is 1. The maximum Gasteiger partial charge on any atom is 0.248 e. The van der Waals surface area contributed by atoms with Crippen molar-refractivity contribution in [3.05, 3.63) is 96.8 Å². The van der Waals surface area contributed by atoms with Crippen LogP contribution in [-0.4, -0.2) is 35.2 Å². The predicted molar refractivity (Wildman–Crippen MR) is 139 cm³/mol. The Morgan fingerprint density at radius 3 is 2.28 bits per heavy atom. The topological polar surface area (TPSA) is 85.7 Å². The summed E-state index contributed by atoms with van der Waals surface area (Å²) in [4.78, 5) is 26.5. The lowest BCUT2D eigenvalue weighted by Crippen LogP contribution is -2.30. The van der Waals surface area contributed by atoms with Gasteiger partial charge in [-0.3, -0.25) is 14.3 Å². The summed E-state index contributed by atoms with van der Waals surface area (Å²) in [6, 6.07) is 24.4. The van der Waals surface area contributed by atoms with Crippen molar-refractivity contribution < 1.29 is 19.1 Å². The molecule has 0 bridgehead atoms. The van der Waals surface area contributed by atoms with Gasteiger partial charge >= 0.3 is 0 Å². The van der Waals surface area contributed by atoms with E-state index >= 15 is 0 Å². The normalized spacial score (nSPS) is 10.5. The molecule has 3 aromatic carbocycles. The third-order valence-corrected chi connectivity index (χ3v) is 5.41. The number of rotatable bonds is 10. The van der Waals surface area contributed by atoms with Crippen LogP contribution in [-0.2, 0) is 16.1 Å². The van der Waals surface area contributed by atoms with Crippen LogP contribution >= 0.6 is 0 Å². The quantitative estimate of drug-likeness (QED) is 0.340. The first-order valence-corrected chi connectivity index (χ1v) is 11.6. The van der Waals surface area contributed by atoms with E-state index in [9.17, 15) is 9.59 Å². The Morgan fingerprint density at radius 1 is 0.917 bits per heavy atom. The summed E-state index contributed by atoms with van der Waals surface area (Å²) in [7, 11) is 1.71. The summed E-state index contributed by atoms with van der Waals surface area (Å²) in [5, 5.41) is 6.95. The van der Waals surface area contributed by atoms with Gasteiger partial charge in [0.05, 0.1) is 24.9 Å². The van der Waals surface area contributed by atoms with Gasteiger partial charge in [0.1, 0.15) is 23.8 Å². The number of carbonyl (C=O) groups excluding carboxylic acids is 2. The lowest BCUT2D eigenvalue weighted by atomic mass is 10.2. The molecule has 0 aliphatic rings. The highest BCUT2D eigenvalue weighted by Gasteiger charge is 2.13. The number of nitrogens with zero attached hydrogens (tertiary/aromatic N) is 3. The number of aromatic nitrogens is 2. The molecule has 36 heavy (non-hydrogen) atoms. The number of hydrogen-bond donors (Lipinski definition) is 1. The van der Waals surface area contributed by atoms with E-state index in [1.165, 1.54) is 10.9 Å². The number of aryl methyl sites for hydroxylation is 1. The summed E-state index contributed by atoms with van der Waals surface area (Å²) in [6.07, 6.45) is 3.34. The number of anilines is 2. The van der Waals surface area contributed by atoms with Crippen LogP contribution in [0.1, 0.15) is 12.0 Å². The zero-order chi connectivity index (χ0) is 25.3. The minimum absolute atomic E-state index is 0.0328. The zero-order valence-electron chi connectivity index (χ0n) is 20.3. The fourth-order valence-electron chi connectivity index (χ4n) is 3.39. The van der Waals surface area contributed by atoms with Crippen molar-refractivity contribution in [3.63, 3.8) is 0 Å². The molecular formula is C28H28N4O4. The SMILES string of the molecule is Cc1ccc(Oc2ccc(N(C)C(=O)Cn3cc(NC(=O)CCOc4ccccc4)cn3)cc2)cc1. The van der Waals surface area contributed by atoms with E-state index in [1.807, 2.05) is 85.8 Å². The first kappa shape index (κ1) is 24.5. The highest BCUT2D eigenvalue weighted by molar-refractivity contribution is 5.93. The highest BCUT2D eigenvalue weighted by Crippen LogP contribution is 2.24. The maximum atomic E-state index is 12.8. The minimum atomic E-state index is -0.193. The van der Waals surface area contributed by atoms with E-state index in [1.54, 1.807) is 18.1 Å². The van der Waals surface area contributed by atoms with Gasteiger partial charge in [0.2, 0.25) is 11.8 Å². The minimum Gasteiger partial charge on any atom is -0.493 e. The number of para-hydroxylation sites is 1. The summed E-state index contributed by atoms with van der Waals surface area (Å²) < 4.78 is 12.9. The third kappa shape index (κ3) is 6.96. The standard InChI is InChI=1S/C28H28N4O4/c1-21-8-12-25(13-9-21)36-26-14-10-23(11-15-26)31(2)28(34)20-32-19-22(18-29-32)30-27(33)16-17-35-24-6-4-3-5-7-24/h3-15,18-19H,16-17,20H2,1-2H3,(H,30,33). The summed E-state index contributed by atoms with van der Waals surface area (Å²) in [5.74, 6) is 1.81. The molecule has 0 fully saturated rings. The third-order valence-electron chi connectivity index (χ3n) is 5.41. The molecule has 0 saturated heterocycles. The molecule has 0 aliphatic heterocycles. The van der Waals surface area contributed by atoms with E-state index < -0.39 is 0 Å². The Kier molecular flexibility index (Phi) is 7.97. The smallest absolute Gasteiger partial charge is 0.248 e. The number of benzene rings is 3. The van der Waals surface area contributed by atoms with E-state index in [-0.39, 0.29) is 31.4 Å². The van der Waals surface area contributed by atoms with Crippen LogP contribution in [0.2, 0.25) is 0 Å². The van der Waals surface area contributed by atoms with Crippen LogP contribution < -0.4 is 19.7 Å². The molecule has 0 atom stereocenters. The van der Waals surface area contributed by atoms with Crippen molar-refractivity contribution in [2.45, 2.75) is 19.9 Å². The van der Waals surface area contributed by atoms with E-state index in [4.69, 9.17) is 9.47 Å². The molecular weight excluding hydrogens is 456 g/mol. The number of nitrogens with one attached hydrogen (secondary N) is 1. The van der Waals surface area contributed by atoms with E-state index in [0.717, 1.165) is 17.0 Å². The zero-order valence-corrected chi connectivity index (χ0v) is 20.3. The maximum absolute atomic E-state index is 12.8. The van der Waals surface area contributed by atoms with Crippen LogP contribution in [0.5, 0.6) is 17.2 Å². The first-order valence-electron chi connectivity index (χ1n) is 11.6.